The Hall–Kier alpha value is -5.63. The number of phenolic OH excluding ortho intramolecular Hbond substituents is 1. The van der Waals surface area contributed by atoms with Gasteiger partial charge in [-0.05, 0) is 143 Å². The van der Waals surface area contributed by atoms with Gasteiger partial charge in [0, 0.05) is 36.1 Å². The van der Waals surface area contributed by atoms with E-state index in [0.717, 1.165) is 52.7 Å². The molecule has 0 spiro atoms. The Balaban J connectivity index is 0.970. The number of aromatic hydroxyl groups is 1. The average molecular weight is 905 g/mol. The molecule has 0 saturated heterocycles. The second-order valence-electron chi connectivity index (χ2n) is 19.6. The molecule has 65 heavy (non-hydrogen) atoms. The molecule has 4 aromatic carbocycles. The van der Waals surface area contributed by atoms with Crippen LogP contribution in [0.4, 0.5) is 15.3 Å². The Kier molecular flexibility index (Phi) is 16.2. The number of rotatable bonds is 17. The third kappa shape index (κ3) is 14.2. The maximum absolute atomic E-state index is 13.1. The molecule has 5 aromatic rings. The van der Waals surface area contributed by atoms with Gasteiger partial charge in [-0.1, -0.05) is 75.4 Å². The number of H-pyrrole nitrogens is 1. The van der Waals surface area contributed by atoms with Gasteiger partial charge in [-0.15, -0.1) is 0 Å². The Morgan fingerprint density at radius 3 is 2.23 bits per heavy atom. The number of aryl methyl sites for hydroxylation is 1. The van der Waals surface area contributed by atoms with Gasteiger partial charge in [0.2, 0.25) is 5.56 Å². The Bertz CT molecular complexity index is 2420. The molecule has 13 heteroatoms. The SMILES string of the molecule is CC(C)(C)OC(=O)NC1CCC(OC(=O)Nc2ccc(CCCCOc3ccc(CNC[C@H](O[Si](C)(C)C(C)(C)C)c4ccc(O)c5[nH]c(=O)ccc45)cc3)cc2-c2ccccc2)CC1. The van der Waals surface area contributed by atoms with Crippen molar-refractivity contribution in [2.24, 2.45) is 0 Å². The van der Waals surface area contributed by atoms with E-state index < -0.39 is 26.1 Å². The molecule has 0 radical (unpaired) electrons. The zero-order valence-corrected chi connectivity index (χ0v) is 40.3. The van der Waals surface area contributed by atoms with Crippen LogP contribution in [0.25, 0.3) is 22.0 Å². The number of ether oxygens (including phenoxy) is 3. The maximum Gasteiger partial charge on any atom is 0.411 e. The van der Waals surface area contributed by atoms with Gasteiger partial charge in [0.15, 0.2) is 8.32 Å². The number of aromatic amines is 1. The number of carbonyl (C=O) groups is 2. The summed E-state index contributed by atoms with van der Waals surface area (Å²) in [5.74, 6) is 0.848. The van der Waals surface area contributed by atoms with Crippen molar-refractivity contribution in [3.8, 4) is 22.6 Å². The molecule has 1 saturated carbocycles. The van der Waals surface area contributed by atoms with Crippen LogP contribution in [0.3, 0.4) is 0 Å². The molecule has 1 aliphatic rings. The molecule has 0 aliphatic heterocycles. The van der Waals surface area contributed by atoms with Crippen LogP contribution < -0.4 is 26.2 Å². The van der Waals surface area contributed by atoms with E-state index >= 15 is 0 Å². The molecule has 1 heterocycles. The number of amides is 2. The van der Waals surface area contributed by atoms with Gasteiger partial charge in [-0.3, -0.25) is 10.1 Å². The molecule has 12 nitrogen and oxygen atoms in total. The third-order valence-corrected chi connectivity index (χ3v) is 16.8. The van der Waals surface area contributed by atoms with Gasteiger partial charge < -0.3 is 39.4 Å². The lowest BCUT2D eigenvalue weighted by molar-refractivity contribution is 0.0440. The second kappa shape index (κ2) is 21.6. The number of fused-ring (bicyclic) bond motifs is 1. The van der Waals surface area contributed by atoms with Crippen LogP contribution in [0, 0.1) is 0 Å². The molecule has 1 atom stereocenters. The Morgan fingerprint density at radius 1 is 0.831 bits per heavy atom. The summed E-state index contributed by atoms with van der Waals surface area (Å²) >= 11 is 0. The molecule has 1 aromatic heterocycles. The highest BCUT2D eigenvalue weighted by Crippen LogP contribution is 2.41. The number of alkyl carbamates (subject to hydrolysis) is 1. The average Bonchev–Trinajstić information content (AvgIpc) is 3.24. The highest BCUT2D eigenvalue weighted by atomic mass is 28.4. The zero-order valence-electron chi connectivity index (χ0n) is 39.3. The van der Waals surface area contributed by atoms with Crippen LogP contribution in [-0.4, -0.2) is 61.5 Å². The van der Waals surface area contributed by atoms with Crippen molar-refractivity contribution < 1.29 is 33.3 Å². The summed E-state index contributed by atoms with van der Waals surface area (Å²) in [4.78, 5) is 40.2. The van der Waals surface area contributed by atoms with Crippen molar-refractivity contribution in [1.82, 2.24) is 15.6 Å². The highest BCUT2D eigenvalue weighted by Gasteiger charge is 2.40. The summed E-state index contributed by atoms with van der Waals surface area (Å²) in [6.45, 7) is 18.4. The molecule has 6 rings (SSSR count). The van der Waals surface area contributed by atoms with Crippen molar-refractivity contribution in [1.29, 1.82) is 0 Å². The van der Waals surface area contributed by atoms with Gasteiger partial charge in [-0.25, -0.2) is 9.59 Å². The maximum atomic E-state index is 13.1. The lowest BCUT2D eigenvalue weighted by Crippen LogP contribution is -2.43. The topological polar surface area (TPSA) is 160 Å². The van der Waals surface area contributed by atoms with E-state index in [4.69, 9.17) is 18.6 Å². The van der Waals surface area contributed by atoms with E-state index in [1.165, 1.54) is 11.6 Å². The summed E-state index contributed by atoms with van der Waals surface area (Å²) in [7, 11) is -2.20. The number of hydrogen-bond acceptors (Lipinski definition) is 9. The molecule has 0 bridgehead atoms. The number of phenols is 1. The second-order valence-corrected chi connectivity index (χ2v) is 24.4. The van der Waals surface area contributed by atoms with Gasteiger partial charge in [0.1, 0.15) is 23.2 Å². The molecule has 2 amide bonds. The predicted molar refractivity (Wildman–Crippen MR) is 261 cm³/mol. The lowest BCUT2D eigenvalue weighted by atomic mass is 9.93. The molecular formula is C52H68N4O8Si. The highest BCUT2D eigenvalue weighted by molar-refractivity contribution is 6.74. The van der Waals surface area contributed by atoms with Crippen LogP contribution in [0.1, 0.15) is 103 Å². The molecule has 0 unspecified atom stereocenters. The van der Waals surface area contributed by atoms with Crippen LogP contribution >= 0.6 is 0 Å². The normalized spacial score (nSPS) is 16.1. The smallest absolute Gasteiger partial charge is 0.411 e. The fourth-order valence-electron chi connectivity index (χ4n) is 7.76. The largest absolute Gasteiger partial charge is 0.506 e. The lowest BCUT2D eigenvalue weighted by Gasteiger charge is -2.39. The summed E-state index contributed by atoms with van der Waals surface area (Å²) < 4.78 is 24.3. The van der Waals surface area contributed by atoms with E-state index in [1.807, 2.05) is 75.4 Å². The Morgan fingerprint density at radius 2 is 1.54 bits per heavy atom. The van der Waals surface area contributed by atoms with Crippen LogP contribution in [-0.2, 0) is 26.9 Å². The number of nitrogens with one attached hydrogen (secondary N) is 4. The number of benzene rings is 4. The summed E-state index contributed by atoms with van der Waals surface area (Å²) in [6.07, 6.45) is 3.98. The van der Waals surface area contributed by atoms with Gasteiger partial charge >= 0.3 is 12.2 Å². The molecule has 5 N–H and O–H groups in total. The van der Waals surface area contributed by atoms with Crippen LogP contribution in [0.15, 0.2) is 102 Å². The minimum Gasteiger partial charge on any atom is -0.506 e. The number of anilines is 1. The van der Waals surface area contributed by atoms with Crippen molar-refractivity contribution >= 4 is 37.1 Å². The fraction of sp³-hybridized carbons (Fsp3) is 0.442. The van der Waals surface area contributed by atoms with Crippen molar-refractivity contribution in [3.05, 3.63) is 124 Å². The van der Waals surface area contributed by atoms with Crippen molar-refractivity contribution in [2.75, 3.05) is 18.5 Å². The summed E-state index contributed by atoms with van der Waals surface area (Å²) in [6, 6.07) is 31.1. The minimum absolute atomic E-state index is 0.00532. The first kappa shape index (κ1) is 48.8. The number of aromatic nitrogens is 1. The van der Waals surface area contributed by atoms with Crippen molar-refractivity contribution in [2.45, 2.75) is 135 Å². The molecular weight excluding hydrogens is 837 g/mol. The minimum atomic E-state index is -2.20. The first-order chi connectivity index (χ1) is 30.8. The summed E-state index contributed by atoms with van der Waals surface area (Å²) in [5.41, 5.74) is 5.42. The first-order valence-corrected chi connectivity index (χ1v) is 25.8. The monoisotopic (exact) mass is 904 g/mol. The van der Waals surface area contributed by atoms with E-state index in [-0.39, 0.29) is 34.6 Å². The van der Waals surface area contributed by atoms with E-state index in [9.17, 15) is 19.5 Å². The summed E-state index contributed by atoms with van der Waals surface area (Å²) in [5, 5.41) is 20.8. The quantitative estimate of drug-likeness (QED) is 0.0452. The zero-order chi connectivity index (χ0) is 46.8. The van der Waals surface area contributed by atoms with Gasteiger partial charge in [0.25, 0.3) is 0 Å². The predicted octanol–water partition coefficient (Wildman–Crippen LogP) is 11.5. The molecule has 1 aliphatic carbocycles. The standard InChI is InChI=1S/C52H68N4O8Si/c1-51(2,3)63-50(60)54-38-20-24-40(25-21-38)62-49(59)55-44-28-19-35(32-43(44)37-15-10-9-11-16-37)14-12-13-31-61-39-22-17-36(18-23-39)33-53-34-46(64-65(7,8)52(4,5)6)41-26-29-45(57)48-42(41)27-30-47(58)56-48/h9-11,15-19,22-23,26-30,32,38,40,46,53,57H,12-14,20-21,24-25,31,33-34H2,1-8H3,(H,54,60)(H,55,59)(H,56,58)/t38?,40?,46-/m0/s1. The van der Waals surface area contributed by atoms with Crippen molar-refractivity contribution in [3.63, 3.8) is 0 Å². The molecule has 348 valence electrons. The number of unbranched alkanes of at least 4 members (excludes halogenated alkanes) is 1. The first-order valence-electron chi connectivity index (χ1n) is 22.9. The van der Waals surface area contributed by atoms with Gasteiger partial charge in [-0.2, -0.15) is 0 Å². The van der Waals surface area contributed by atoms with Gasteiger partial charge in [0.05, 0.1) is 23.9 Å². The fourth-order valence-corrected chi connectivity index (χ4v) is 9.04. The third-order valence-electron chi connectivity index (χ3n) is 12.3. The molecule has 1 fully saturated rings. The van der Waals surface area contributed by atoms with E-state index in [1.54, 1.807) is 12.1 Å². The number of hydrogen-bond donors (Lipinski definition) is 5. The Labute approximate surface area is 385 Å². The van der Waals surface area contributed by atoms with Crippen LogP contribution in [0.2, 0.25) is 18.1 Å². The van der Waals surface area contributed by atoms with E-state index in [2.05, 4.69) is 79.1 Å². The number of carbonyl (C=O) groups excluding carboxylic acids is 2. The number of pyridine rings is 1. The van der Waals surface area contributed by atoms with Crippen LogP contribution in [0.5, 0.6) is 11.5 Å². The van der Waals surface area contributed by atoms with E-state index in [0.29, 0.717) is 56.6 Å².